The van der Waals surface area contributed by atoms with Gasteiger partial charge < -0.3 is 10.5 Å². The quantitative estimate of drug-likeness (QED) is 0.743. The van der Waals surface area contributed by atoms with Gasteiger partial charge in [0.1, 0.15) is 4.90 Å². The maximum atomic E-state index is 12.4. The molecule has 1 heterocycles. The van der Waals surface area contributed by atoms with Crippen molar-refractivity contribution in [3.05, 3.63) is 24.0 Å². The van der Waals surface area contributed by atoms with Gasteiger partial charge in [0, 0.05) is 25.4 Å². The van der Waals surface area contributed by atoms with Gasteiger partial charge in [-0.25, -0.2) is 13.1 Å². The lowest BCUT2D eigenvalue weighted by Crippen LogP contribution is -2.42. The molecule has 0 aliphatic heterocycles. The molecule has 114 valence electrons. The predicted molar refractivity (Wildman–Crippen MR) is 77.6 cm³/mol. The third-order valence-corrected chi connectivity index (χ3v) is 4.51. The number of rotatable bonds is 8. The predicted octanol–water partition coefficient (Wildman–Crippen LogP) is 0.880. The molecule has 0 spiro atoms. The molecule has 1 atom stereocenters. The lowest BCUT2D eigenvalue weighted by Gasteiger charge is -2.22. The van der Waals surface area contributed by atoms with E-state index in [1.54, 1.807) is 6.07 Å². The number of pyridine rings is 1. The van der Waals surface area contributed by atoms with E-state index in [4.69, 9.17) is 10.5 Å². The SMILES string of the molecule is CCOCC(NS(=O)(=O)c1cccnc1CN)C(C)C. The molecule has 0 saturated carbocycles. The number of aromatic nitrogens is 1. The summed E-state index contributed by atoms with van der Waals surface area (Å²) in [5, 5.41) is 0. The van der Waals surface area contributed by atoms with E-state index in [2.05, 4.69) is 9.71 Å². The van der Waals surface area contributed by atoms with E-state index in [1.807, 2.05) is 20.8 Å². The van der Waals surface area contributed by atoms with E-state index in [0.717, 1.165) is 0 Å². The van der Waals surface area contributed by atoms with Crippen LogP contribution in [0.4, 0.5) is 0 Å². The molecule has 0 aromatic carbocycles. The van der Waals surface area contributed by atoms with E-state index < -0.39 is 10.0 Å². The standard InChI is InChI=1S/C13H23N3O3S/c1-4-19-9-12(10(2)3)16-20(17,18)13-6-5-7-15-11(13)8-14/h5-7,10,12,16H,4,8-9,14H2,1-3H3. The summed E-state index contributed by atoms with van der Waals surface area (Å²) in [7, 11) is -3.65. The average molecular weight is 301 g/mol. The van der Waals surface area contributed by atoms with Crippen molar-refractivity contribution in [2.24, 2.45) is 11.7 Å². The Morgan fingerprint density at radius 1 is 1.45 bits per heavy atom. The molecule has 0 fully saturated rings. The Bertz CT molecular complexity index is 517. The highest BCUT2D eigenvalue weighted by molar-refractivity contribution is 7.89. The largest absolute Gasteiger partial charge is 0.380 e. The van der Waals surface area contributed by atoms with Crippen LogP contribution in [0.1, 0.15) is 26.5 Å². The first-order chi connectivity index (χ1) is 9.42. The zero-order valence-electron chi connectivity index (χ0n) is 12.2. The van der Waals surface area contributed by atoms with Crippen LogP contribution in [-0.2, 0) is 21.3 Å². The molecule has 0 amide bonds. The first-order valence-electron chi connectivity index (χ1n) is 6.66. The molecular formula is C13H23N3O3S. The fraction of sp³-hybridized carbons (Fsp3) is 0.615. The van der Waals surface area contributed by atoms with Crippen molar-refractivity contribution in [3.63, 3.8) is 0 Å². The summed E-state index contributed by atoms with van der Waals surface area (Å²) < 4.78 is 32.9. The van der Waals surface area contributed by atoms with Crippen LogP contribution in [0.2, 0.25) is 0 Å². The van der Waals surface area contributed by atoms with Crippen LogP contribution >= 0.6 is 0 Å². The summed E-state index contributed by atoms with van der Waals surface area (Å²) in [4.78, 5) is 4.13. The number of nitrogens with zero attached hydrogens (tertiary/aromatic N) is 1. The molecule has 0 saturated heterocycles. The van der Waals surface area contributed by atoms with Crippen molar-refractivity contribution in [1.82, 2.24) is 9.71 Å². The second-order valence-corrected chi connectivity index (χ2v) is 6.47. The molecule has 7 heteroatoms. The third kappa shape index (κ3) is 4.52. The van der Waals surface area contributed by atoms with Crippen LogP contribution in [0.5, 0.6) is 0 Å². The minimum absolute atomic E-state index is 0.0783. The normalized spacial score (nSPS) is 13.7. The van der Waals surface area contributed by atoms with Crippen molar-refractivity contribution >= 4 is 10.0 Å². The Labute approximate surface area is 120 Å². The Kier molecular flexibility index (Phi) is 6.54. The van der Waals surface area contributed by atoms with Gasteiger partial charge >= 0.3 is 0 Å². The fourth-order valence-electron chi connectivity index (χ4n) is 1.69. The second kappa shape index (κ2) is 7.68. The lowest BCUT2D eigenvalue weighted by molar-refractivity contribution is 0.116. The third-order valence-electron chi connectivity index (χ3n) is 2.94. The molecular weight excluding hydrogens is 278 g/mol. The van der Waals surface area contributed by atoms with Gasteiger partial charge in [0.2, 0.25) is 10.0 Å². The van der Waals surface area contributed by atoms with Gasteiger partial charge in [-0.05, 0) is 25.0 Å². The molecule has 1 unspecified atom stereocenters. The van der Waals surface area contributed by atoms with Gasteiger partial charge in [0.15, 0.2) is 0 Å². The second-order valence-electron chi connectivity index (χ2n) is 4.78. The molecule has 3 N–H and O–H groups in total. The summed E-state index contributed by atoms with van der Waals surface area (Å²) in [6.07, 6.45) is 1.53. The molecule has 0 aliphatic carbocycles. The molecule has 0 bridgehead atoms. The van der Waals surface area contributed by atoms with Crippen LogP contribution in [0.15, 0.2) is 23.2 Å². The minimum atomic E-state index is -3.65. The van der Waals surface area contributed by atoms with Crippen LogP contribution in [0.3, 0.4) is 0 Å². The van der Waals surface area contributed by atoms with Crippen molar-refractivity contribution in [1.29, 1.82) is 0 Å². The first-order valence-corrected chi connectivity index (χ1v) is 8.14. The van der Waals surface area contributed by atoms with Crippen LogP contribution < -0.4 is 10.5 Å². The van der Waals surface area contributed by atoms with Crippen molar-refractivity contribution in [3.8, 4) is 0 Å². The monoisotopic (exact) mass is 301 g/mol. The number of ether oxygens (including phenoxy) is 1. The van der Waals surface area contributed by atoms with Gasteiger partial charge in [0.25, 0.3) is 0 Å². The Hall–Kier alpha value is -1.02. The van der Waals surface area contributed by atoms with Crippen molar-refractivity contribution in [2.75, 3.05) is 13.2 Å². The molecule has 1 aromatic rings. The number of nitrogens with two attached hydrogens (primary N) is 1. The van der Waals surface area contributed by atoms with E-state index in [0.29, 0.717) is 18.9 Å². The highest BCUT2D eigenvalue weighted by atomic mass is 32.2. The summed E-state index contributed by atoms with van der Waals surface area (Å²) in [5.41, 5.74) is 5.90. The summed E-state index contributed by atoms with van der Waals surface area (Å²) in [5.74, 6) is 0.120. The smallest absolute Gasteiger partial charge is 0.242 e. The van der Waals surface area contributed by atoms with Crippen molar-refractivity contribution in [2.45, 2.75) is 38.3 Å². The molecule has 1 aromatic heterocycles. The van der Waals surface area contributed by atoms with Crippen LogP contribution in [0.25, 0.3) is 0 Å². The van der Waals surface area contributed by atoms with Gasteiger partial charge in [-0.15, -0.1) is 0 Å². The first kappa shape index (κ1) is 17.0. The molecule has 1 rings (SSSR count). The number of sulfonamides is 1. The van der Waals surface area contributed by atoms with Crippen LogP contribution in [-0.4, -0.2) is 32.7 Å². The topological polar surface area (TPSA) is 94.3 Å². The highest BCUT2D eigenvalue weighted by Crippen LogP contribution is 2.14. The number of hydrogen-bond donors (Lipinski definition) is 2. The van der Waals surface area contributed by atoms with E-state index in [-0.39, 0.29) is 23.4 Å². The van der Waals surface area contributed by atoms with E-state index >= 15 is 0 Å². The van der Waals surface area contributed by atoms with E-state index in [1.165, 1.54) is 12.3 Å². The van der Waals surface area contributed by atoms with Gasteiger partial charge in [-0.1, -0.05) is 13.8 Å². The maximum absolute atomic E-state index is 12.4. The molecule has 0 radical (unpaired) electrons. The zero-order valence-corrected chi connectivity index (χ0v) is 13.0. The number of hydrogen-bond acceptors (Lipinski definition) is 5. The summed E-state index contributed by atoms with van der Waals surface area (Å²) in [6.45, 7) is 6.73. The van der Waals surface area contributed by atoms with E-state index in [9.17, 15) is 8.42 Å². The lowest BCUT2D eigenvalue weighted by atomic mass is 10.1. The Morgan fingerprint density at radius 3 is 2.70 bits per heavy atom. The van der Waals surface area contributed by atoms with Crippen LogP contribution in [0, 0.1) is 5.92 Å². The average Bonchev–Trinajstić information content (AvgIpc) is 2.43. The van der Waals surface area contributed by atoms with Gasteiger partial charge in [0.05, 0.1) is 12.3 Å². The maximum Gasteiger partial charge on any atom is 0.242 e. The van der Waals surface area contributed by atoms with Gasteiger partial charge in [-0.3, -0.25) is 4.98 Å². The minimum Gasteiger partial charge on any atom is -0.380 e. The summed E-state index contributed by atoms with van der Waals surface area (Å²) >= 11 is 0. The Balaban J connectivity index is 2.97. The molecule has 20 heavy (non-hydrogen) atoms. The van der Waals surface area contributed by atoms with Crippen molar-refractivity contribution < 1.29 is 13.2 Å². The number of nitrogens with one attached hydrogen (secondary N) is 1. The Morgan fingerprint density at radius 2 is 2.15 bits per heavy atom. The van der Waals surface area contributed by atoms with Gasteiger partial charge in [-0.2, -0.15) is 0 Å². The fourth-order valence-corrected chi connectivity index (χ4v) is 3.26. The molecule has 6 nitrogen and oxygen atoms in total. The highest BCUT2D eigenvalue weighted by Gasteiger charge is 2.24. The zero-order chi connectivity index (χ0) is 15.2. The molecule has 0 aliphatic rings. The summed E-state index contributed by atoms with van der Waals surface area (Å²) in [6, 6.07) is 2.81.